The molecule has 3 rings (SSSR count). The smallest absolute Gasteiger partial charge is 0.323 e. The van der Waals surface area contributed by atoms with E-state index in [2.05, 4.69) is 0 Å². The monoisotopic (exact) mass is 345 g/mol. The molecule has 2 aromatic rings. The Hall–Kier alpha value is -2.60. The molecule has 7 heteroatoms. The second-order valence-corrected chi connectivity index (χ2v) is 6.25. The number of hydrogen-bond acceptors (Lipinski definition) is 3. The molecule has 1 atom stereocenters. The van der Waals surface area contributed by atoms with Crippen LogP contribution in [-0.2, 0) is 6.54 Å². The first-order valence-electron chi connectivity index (χ1n) is 7.45. The summed E-state index contributed by atoms with van der Waals surface area (Å²) in [7, 11) is 1.68. The number of nitrogens with zero attached hydrogens (tertiary/aromatic N) is 3. The molecule has 0 aliphatic carbocycles. The van der Waals surface area contributed by atoms with Gasteiger partial charge in [-0.15, -0.1) is 0 Å². The molecule has 0 spiro atoms. The van der Waals surface area contributed by atoms with Gasteiger partial charge in [0, 0.05) is 36.3 Å². The van der Waals surface area contributed by atoms with Crippen molar-refractivity contribution in [2.24, 2.45) is 0 Å². The number of nitro groups is 1. The van der Waals surface area contributed by atoms with Gasteiger partial charge in [0.1, 0.15) is 0 Å². The van der Waals surface area contributed by atoms with Gasteiger partial charge in [0.05, 0.1) is 16.7 Å². The van der Waals surface area contributed by atoms with Gasteiger partial charge in [-0.3, -0.25) is 15.0 Å². The Balaban J connectivity index is 2.07. The second kappa shape index (κ2) is 6.13. The summed E-state index contributed by atoms with van der Waals surface area (Å²) < 4.78 is 0. The molecular formula is C17H16ClN3O3. The van der Waals surface area contributed by atoms with Crippen molar-refractivity contribution in [1.82, 2.24) is 4.90 Å². The van der Waals surface area contributed by atoms with Crippen LogP contribution in [0.2, 0.25) is 5.02 Å². The average molecular weight is 346 g/mol. The molecule has 0 radical (unpaired) electrons. The molecule has 0 fully saturated rings. The van der Waals surface area contributed by atoms with Gasteiger partial charge in [-0.05, 0) is 30.7 Å². The predicted molar refractivity (Wildman–Crippen MR) is 92.3 cm³/mol. The zero-order valence-electron chi connectivity index (χ0n) is 13.3. The summed E-state index contributed by atoms with van der Waals surface area (Å²) in [6, 6.07) is 11.5. The molecule has 1 aliphatic rings. The summed E-state index contributed by atoms with van der Waals surface area (Å²) in [4.78, 5) is 26.5. The van der Waals surface area contributed by atoms with E-state index in [9.17, 15) is 14.9 Å². The van der Waals surface area contributed by atoms with E-state index in [1.54, 1.807) is 29.0 Å². The highest BCUT2D eigenvalue weighted by molar-refractivity contribution is 6.30. The number of carbonyl (C=O) groups excluding carboxylic acids is 1. The largest absolute Gasteiger partial charge is 0.325 e. The second-order valence-electron chi connectivity index (χ2n) is 5.81. The lowest BCUT2D eigenvalue weighted by Gasteiger charge is -2.38. The zero-order chi connectivity index (χ0) is 17.4. The van der Waals surface area contributed by atoms with Gasteiger partial charge < -0.3 is 4.90 Å². The van der Waals surface area contributed by atoms with Crippen LogP contribution in [0.5, 0.6) is 0 Å². The van der Waals surface area contributed by atoms with Crippen molar-refractivity contribution >= 4 is 29.0 Å². The van der Waals surface area contributed by atoms with Gasteiger partial charge in [0.25, 0.3) is 5.69 Å². The van der Waals surface area contributed by atoms with Crippen molar-refractivity contribution in [1.29, 1.82) is 0 Å². The summed E-state index contributed by atoms with van der Waals surface area (Å²) in [5.41, 5.74) is 2.36. The Labute approximate surface area is 144 Å². The van der Waals surface area contributed by atoms with E-state index in [-0.39, 0.29) is 17.8 Å². The molecule has 6 nitrogen and oxygen atoms in total. The minimum atomic E-state index is -0.429. The van der Waals surface area contributed by atoms with Gasteiger partial charge in [-0.2, -0.15) is 0 Å². The zero-order valence-corrected chi connectivity index (χ0v) is 14.0. The van der Waals surface area contributed by atoms with E-state index >= 15 is 0 Å². The fourth-order valence-electron chi connectivity index (χ4n) is 2.95. The number of hydrogen-bond donors (Lipinski definition) is 0. The first-order chi connectivity index (χ1) is 11.4. The van der Waals surface area contributed by atoms with Crippen molar-refractivity contribution in [3.8, 4) is 0 Å². The van der Waals surface area contributed by atoms with Crippen LogP contribution in [0.25, 0.3) is 0 Å². The maximum Gasteiger partial charge on any atom is 0.325 e. The minimum absolute atomic E-state index is 0.0202. The summed E-state index contributed by atoms with van der Waals surface area (Å²) in [5.74, 6) is 0. The SMILES string of the molecule is CC(c1cccc(Cl)c1)N1C(=O)N(C)Cc2cc([N+](=O)[O-])ccc21. The highest BCUT2D eigenvalue weighted by atomic mass is 35.5. The molecular weight excluding hydrogens is 330 g/mol. The van der Waals surface area contributed by atoms with Crippen LogP contribution in [0.4, 0.5) is 16.2 Å². The molecule has 24 heavy (non-hydrogen) atoms. The molecule has 124 valence electrons. The van der Waals surface area contributed by atoms with Crippen LogP contribution in [0.3, 0.4) is 0 Å². The normalized spacial score (nSPS) is 15.2. The number of nitro benzene ring substituents is 1. The van der Waals surface area contributed by atoms with E-state index in [0.717, 1.165) is 11.1 Å². The third-order valence-electron chi connectivity index (χ3n) is 4.19. The van der Waals surface area contributed by atoms with Crippen LogP contribution >= 0.6 is 11.6 Å². The van der Waals surface area contributed by atoms with Crippen molar-refractivity contribution < 1.29 is 9.72 Å². The topological polar surface area (TPSA) is 66.7 Å². The molecule has 0 bridgehead atoms. The molecule has 1 aliphatic heterocycles. The molecule has 0 saturated carbocycles. The molecule has 0 saturated heterocycles. The number of non-ortho nitro benzene ring substituents is 1. The maximum atomic E-state index is 12.7. The summed E-state index contributed by atoms with van der Waals surface area (Å²) in [5, 5.41) is 11.6. The summed E-state index contributed by atoms with van der Waals surface area (Å²) >= 11 is 6.06. The van der Waals surface area contributed by atoms with Gasteiger partial charge in [0.2, 0.25) is 0 Å². The van der Waals surface area contributed by atoms with Crippen LogP contribution in [0.1, 0.15) is 24.1 Å². The van der Waals surface area contributed by atoms with E-state index < -0.39 is 4.92 Å². The standard InChI is InChI=1S/C17H16ClN3O3/c1-11(12-4-3-5-14(18)8-12)20-16-7-6-15(21(23)24)9-13(16)10-19(2)17(20)22/h3-9,11H,10H2,1-2H3. The van der Waals surface area contributed by atoms with Crippen molar-refractivity contribution in [3.63, 3.8) is 0 Å². The number of fused-ring (bicyclic) bond motifs is 1. The van der Waals surface area contributed by atoms with Crippen molar-refractivity contribution in [2.45, 2.75) is 19.5 Å². The lowest BCUT2D eigenvalue weighted by molar-refractivity contribution is -0.384. The molecule has 0 aromatic heterocycles. The van der Waals surface area contributed by atoms with E-state index in [0.29, 0.717) is 17.3 Å². The van der Waals surface area contributed by atoms with Crippen LogP contribution in [0.15, 0.2) is 42.5 Å². The number of urea groups is 1. The maximum absolute atomic E-state index is 12.7. The van der Waals surface area contributed by atoms with Crippen molar-refractivity contribution in [3.05, 3.63) is 68.7 Å². The van der Waals surface area contributed by atoms with Gasteiger partial charge in [-0.25, -0.2) is 4.79 Å². The molecule has 2 aromatic carbocycles. The predicted octanol–water partition coefficient (Wildman–Crippen LogP) is 4.38. The third kappa shape index (κ3) is 2.80. The number of anilines is 1. The quantitative estimate of drug-likeness (QED) is 0.612. The Kier molecular flexibility index (Phi) is 4.15. The van der Waals surface area contributed by atoms with E-state index in [1.807, 2.05) is 25.1 Å². The Morgan fingerprint density at radius 2 is 2.00 bits per heavy atom. The van der Waals surface area contributed by atoms with E-state index in [1.165, 1.54) is 12.1 Å². The Morgan fingerprint density at radius 3 is 2.67 bits per heavy atom. The van der Waals surface area contributed by atoms with Crippen LogP contribution in [0, 0.1) is 10.1 Å². The van der Waals surface area contributed by atoms with Crippen LogP contribution < -0.4 is 4.90 Å². The average Bonchev–Trinajstić information content (AvgIpc) is 2.55. The third-order valence-corrected chi connectivity index (χ3v) is 4.43. The van der Waals surface area contributed by atoms with E-state index in [4.69, 9.17) is 11.6 Å². The number of rotatable bonds is 3. The minimum Gasteiger partial charge on any atom is -0.323 e. The number of benzene rings is 2. The highest BCUT2D eigenvalue weighted by Crippen LogP contribution is 2.37. The van der Waals surface area contributed by atoms with Crippen molar-refractivity contribution in [2.75, 3.05) is 11.9 Å². The van der Waals surface area contributed by atoms with Gasteiger partial charge >= 0.3 is 6.03 Å². The Morgan fingerprint density at radius 1 is 1.25 bits per heavy atom. The fraction of sp³-hybridized carbons (Fsp3) is 0.235. The lowest BCUT2D eigenvalue weighted by Crippen LogP contribution is -2.46. The molecule has 1 heterocycles. The van der Waals surface area contributed by atoms with Gasteiger partial charge in [0.15, 0.2) is 0 Å². The molecule has 0 N–H and O–H groups in total. The Bertz CT molecular complexity index is 824. The number of carbonyl (C=O) groups is 1. The summed E-state index contributed by atoms with van der Waals surface area (Å²) in [6.45, 7) is 2.25. The fourth-order valence-corrected chi connectivity index (χ4v) is 3.15. The number of halogens is 1. The first kappa shape index (κ1) is 16.3. The number of amides is 2. The highest BCUT2D eigenvalue weighted by Gasteiger charge is 2.33. The first-order valence-corrected chi connectivity index (χ1v) is 7.83. The molecule has 2 amide bonds. The summed E-state index contributed by atoms with van der Waals surface area (Å²) in [6.07, 6.45) is 0. The molecule has 1 unspecified atom stereocenters. The lowest BCUT2D eigenvalue weighted by atomic mass is 10.0. The van der Waals surface area contributed by atoms with Gasteiger partial charge in [-0.1, -0.05) is 23.7 Å². The van der Waals surface area contributed by atoms with Crippen LogP contribution in [-0.4, -0.2) is 22.9 Å².